The van der Waals surface area contributed by atoms with Crippen molar-refractivity contribution in [1.29, 1.82) is 0 Å². The number of nitrogens with zero attached hydrogens (tertiary/aromatic N) is 1. The number of thioether (sulfide) groups is 1. The Balaban J connectivity index is 1.68. The molecule has 4 rings (SSSR count). The molecule has 0 saturated carbocycles. The lowest BCUT2D eigenvalue weighted by atomic mass is 9.89. The second-order valence-electron chi connectivity index (χ2n) is 7.52. The Morgan fingerprint density at radius 1 is 1.33 bits per heavy atom. The number of thiophene rings is 1. The number of hydrogen-bond donors (Lipinski definition) is 1. The number of fused-ring (bicyclic) bond motifs is 3. The summed E-state index contributed by atoms with van der Waals surface area (Å²) in [5.41, 5.74) is 1.44. The molecule has 0 fully saturated rings. The first-order valence-electron chi connectivity index (χ1n) is 9.83. The van der Waals surface area contributed by atoms with Crippen LogP contribution in [-0.2, 0) is 22.4 Å². The number of rotatable bonds is 6. The summed E-state index contributed by atoms with van der Waals surface area (Å²) in [6, 6.07) is 8.79. The molecule has 2 atom stereocenters. The summed E-state index contributed by atoms with van der Waals surface area (Å²) in [6.45, 7) is 2.22. The molecule has 1 N–H and O–H groups in total. The van der Waals surface area contributed by atoms with Crippen LogP contribution >= 0.6 is 23.1 Å². The summed E-state index contributed by atoms with van der Waals surface area (Å²) in [5, 5.41) is 0.276. The summed E-state index contributed by atoms with van der Waals surface area (Å²) in [5.74, 6) is -0.0831. The lowest BCUT2D eigenvalue weighted by Crippen LogP contribution is -2.23. The summed E-state index contributed by atoms with van der Waals surface area (Å²) in [7, 11) is 1.29. The predicted octanol–water partition coefficient (Wildman–Crippen LogP) is 4.02. The molecule has 2 aromatic heterocycles. The molecule has 2 heterocycles. The van der Waals surface area contributed by atoms with E-state index in [0.717, 1.165) is 36.6 Å². The molecule has 0 radical (unpaired) electrons. The highest BCUT2D eigenvalue weighted by atomic mass is 32.2. The topological polar surface area (TPSA) is 89.1 Å². The van der Waals surface area contributed by atoms with E-state index in [-0.39, 0.29) is 17.8 Å². The molecule has 156 valence electrons. The molecule has 1 aliphatic carbocycles. The number of methoxy groups -OCH3 is 1. The van der Waals surface area contributed by atoms with Crippen LogP contribution in [0.2, 0.25) is 0 Å². The van der Waals surface area contributed by atoms with Gasteiger partial charge >= 0.3 is 5.97 Å². The van der Waals surface area contributed by atoms with E-state index in [2.05, 4.69) is 16.9 Å². The number of carbonyl (C=O) groups is 2. The van der Waals surface area contributed by atoms with Crippen LogP contribution in [0, 0.1) is 5.92 Å². The lowest BCUT2D eigenvalue weighted by molar-refractivity contribution is -0.140. The van der Waals surface area contributed by atoms with Gasteiger partial charge in [-0.25, -0.2) is 4.98 Å². The van der Waals surface area contributed by atoms with Crippen LogP contribution in [0.3, 0.4) is 0 Å². The van der Waals surface area contributed by atoms with Gasteiger partial charge in [0.2, 0.25) is 0 Å². The number of nitrogens with one attached hydrogen (secondary N) is 1. The fraction of sp³-hybridized carbons (Fsp3) is 0.364. The highest BCUT2D eigenvalue weighted by Crippen LogP contribution is 2.36. The first-order valence-corrected chi connectivity index (χ1v) is 11.5. The van der Waals surface area contributed by atoms with Gasteiger partial charge in [-0.1, -0.05) is 49.0 Å². The quantitative estimate of drug-likeness (QED) is 0.268. The van der Waals surface area contributed by atoms with E-state index in [1.54, 1.807) is 35.6 Å². The molecule has 30 heavy (non-hydrogen) atoms. The largest absolute Gasteiger partial charge is 0.469 e. The van der Waals surface area contributed by atoms with E-state index in [4.69, 9.17) is 4.74 Å². The number of aromatic nitrogens is 2. The average Bonchev–Trinajstić information content (AvgIpc) is 3.10. The van der Waals surface area contributed by atoms with Crippen LogP contribution in [0.25, 0.3) is 10.2 Å². The monoisotopic (exact) mass is 442 g/mol. The van der Waals surface area contributed by atoms with E-state index in [1.165, 1.54) is 12.0 Å². The van der Waals surface area contributed by atoms with Crippen LogP contribution in [0.5, 0.6) is 0 Å². The number of carbonyl (C=O) groups excluding carboxylic acids is 2. The minimum absolute atomic E-state index is 0.102. The van der Waals surface area contributed by atoms with Crippen molar-refractivity contribution in [1.82, 2.24) is 9.97 Å². The maximum Gasteiger partial charge on any atom is 0.307 e. The van der Waals surface area contributed by atoms with Crippen LogP contribution in [-0.4, -0.2) is 34.1 Å². The Morgan fingerprint density at radius 3 is 2.83 bits per heavy atom. The molecule has 1 aromatic carbocycles. The molecule has 0 amide bonds. The van der Waals surface area contributed by atoms with Crippen LogP contribution < -0.4 is 5.56 Å². The van der Waals surface area contributed by atoms with Crippen molar-refractivity contribution in [2.75, 3.05) is 7.11 Å². The summed E-state index contributed by atoms with van der Waals surface area (Å²) >= 11 is 2.66. The van der Waals surface area contributed by atoms with Gasteiger partial charge in [-0.3, -0.25) is 14.4 Å². The summed E-state index contributed by atoms with van der Waals surface area (Å²) in [4.78, 5) is 47.1. The van der Waals surface area contributed by atoms with Crippen molar-refractivity contribution in [2.24, 2.45) is 5.92 Å². The molecular formula is C22H22N2O4S2. The molecule has 2 unspecified atom stereocenters. The highest BCUT2D eigenvalue weighted by molar-refractivity contribution is 8.00. The van der Waals surface area contributed by atoms with Gasteiger partial charge in [0, 0.05) is 10.4 Å². The molecule has 8 heteroatoms. The molecular weight excluding hydrogens is 420 g/mol. The number of hydrogen-bond acceptors (Lipinski definition) is 7. The zero-order valence-electron chi connectivity index (χ0n) is 16.8. The Morgan fingerprint density at radius 2 is 2.10 bits per heavy atom. The predicted molar refractivity (Wildman–Crippen MR) is 118 cm³/mol. The van der Waals surface area contributed by atoms with Crippen molar-refractivity contribution in [3.63, 3.8) is 0 Å². The third-order valence-corrected chi connectivity index (χ3v) is 7.56. The van der Waals surface area contributed by atoms with Gasteiger partial charge in [-0.05, 0) is 30.7 Å². The molecule has 0 aliphatic heterocycles. The molecule has 0 saturated heterocycles. The van der Waals surface area contributed by atoms with Crippen molar-refractivity contribution in [3.8, 4) is 0 Å². The van der Waals surface area contributed by atoms with E-state index < -0.39 is 11.2 Å². The molecule has 1 aliphatic rings. The zero-order chi connectivity index (χ0) is 21.3. The van der Waals surface area contributed by atoms with Crippen LogP contribution in [0.15, 0.2) is 40.3 Å². The number of H-pyrrole nitrogens is 1. The second kappa shape index (κ2) is 8.73. The SMILES string of the molecule is COC(=O)CC(Sc1nc2sc3c(c2c(=O)[nH]1)CCC(C)C3)C(=O)c1ccccc1. The van der Waals surface area contributed by atoms with E-state index in [0.29, 0.717) is 26.9 Å². The summed E-state index contributed by atoms with van der Waals surface area (Å²) in [6.07, 6.45) is 2.83. The van der Waals surface area contributed by atoms with Gasteiger partial charge in [0.25, 0.3) is 5.56 Å². The maximum atomic E-state index is 13.0. The first-order chi connectivity index (χ1) is 14.5. The minimum Gasteiger partial charge on any atom is -0.469 e. The lowest BCUT2D eigenvalue weighted by Gasteiger charge is -2.17. The van der Waals surface area contributed by atoms with Gasteiger partial charge < -0.3 is 9.72 Å². The minimum atomic E-state index is -0.741. The third-order valence-electron chi connectivity index (χ3n) is 5.33. The Bertz CT molecular complexity index is 1150. The van der Waals surface area contributed by atoms with Crippen molar-refractivity contribution < 1.29 is 14.3 Å². The number of benzene rings is 1. The normalized spacial score (nSPS) is 16.8. The van der Waals surface area contributed by atoms with Gasteiger partial charge in [0.1, 0.15) is 4.83 Å². The highest BCUT2D eigenvalue weighted by Gasteiger charge is 2.27. The van der Waals surface area contributed by atoms with Crippen molar-refractivity contribution in [2.45, 2.75) is 43.0 Å². The van der Waals surface area contributed by atoms with Gasteiger partial charge in [0.05, 0.1) is 24.2 Å². The zero-order valence-corrected chi connectivity index (χ0v) is 18.4. The van der Waals surface area contributed by atoms with Crippen LogP contribution in [0.1, 0.15) is 40.6 Å². The molecule has 3 aromatic rings. The van der Waals surface area contributed by atoms with E-state index in [1.807, 2.05) is 6.07 Å². The third kappa shape index (κ3) is 4.20. The van der Waals surface area contributed by atoms with E-state index in [9.17, 15) is 14.4 Å². The number of esters is 1. The van der Waals surface area contributed by atoms with E-state index >= 15 is 0 Å². The average molecular weight is 443 g/mol. The first kappa shape index (κ1) is 20.8. The van der Waals surface area contributed by atoms with Gasteiger partial charge in [-0.15, -0.1) is 11.3 Å². The fourth-order valence-electron chi connectivity index (χ4n) is 3.73. The number of aryl methyl sites for hydroxylation is 1. The number of aromatic amines is 1. The smallest absolute Gasteiger partial charge is 0.307 e. The Hall–Kier alpha value is -2.45. The second-order valence-corrected chi connectivity index (χ2v) is 9.80. The fourth-order valence-corrected chi connectivity index (χ4v) is 6.20. The Kier molecular flexibility index (Phi) is 6.06. The number of Topliss-reactive ketones (excluding diaryl/α,β-unsaturated/α-hetero) is 1. The number of ketones is 1. The van der Waals surface area contributed by atoms with Crippen molar-refractivity contribution in [3.05, 3.63) is 56.7 Å². The van der Waals surface area contributed by atoms with Gasteiger partial charge in [0.15, 0.2) is 10.9 Å². The van der Waals surface area contributed by atoms with Gasteiger partial charge in [-0.2, -0.15) is 0 Å². The summed E-state index contributed by atoms with van der Waals surface area (Å²) < 4.78 is 4.77. The molecule has 6 nitrogen and oxygen atoms in total. The molecule has 0 bridgehead atoms. The van der Waals surface area contributed by atoms with Crippen LogP contribution in [0.4, 0.5) is 0 Å². The standard InChI is InChI=1S/C22H22N2O4S2/c1-12-8-9-14-15(10-12)29-21-18(14)20(27)23-22(24-21)30-16(11-17(25)28-2)19(26)13-6-4-3-5-7-13/h3-7,12,16H,8-11H2,1-2H3,(H,23,24,27). The maximum absolute atomic E-state index is 13.0. The Labute approximate surface area is 182 Å². The molecule has 0 spiro atoms. The number of ether oxygens (including phenoxy) is 1. The van der Waals surface area contributed by atoms with Crippen molar-refractivity contribution >= 4 is 45.1 Å².